The van der Waals surface area contributed by atoms with Crippen LogP contribution in [0.1, 0.15) is 32.1 Å². The summed E-state index contributed by atoms with van der Waals surface area (Å²) in [5.41, 5.74) is 0. The molecule has 5 heteroatoms. The van der Waals surface area contributed by atoms with Gasteiger partial charge in [0.15, 0.2) is 0 Å². The lowest BCUT2D eigenvalue weighted by atomic mass is 9.89. The van der Waals surface area contributed by atoms with Crippen LogP contribution in [0.2, 0.25) is 0 Å². The molecule has 1 heterocycles. The molecule has 0 saturated heterocycles. The molecule has 2 rings (SSSR count). The van der Waals surface area contributed by atoms with Gasteiger partial charge in [0.2, 0.25) is 0 Å². The second kappa shape index (κ2) is 6.36. The third kappa shape index (κ3) is 3.13. The Balaban J connectivity index is 2.05. The molecular formula is C13H21BrN4. The molecule has 0 unspecified atom stereocenters. The predicted molar refractivity (Wildman–Crippen MR) is 79.1 cm³/mol. The maximum Gasteiger partial charge on any atom is 0.148 e. The Bertz CT molecular complexity index is 391. The molecule has 4 nitrogen and oxygen atoms in total. The van der Waals surface area contributed by atoms with Crippen molar-refractivity contribution in [3.8, 4) is 0 Å². The number of nitrogens with one attached hydrogen (secondary N) is 1. The van der Waals surface area contributed by atoms with Gasteiger partial charge < -0.3 is 10.2 Å². The van der Waals surface area contributed by atoms with Crippen molar-refractivity contribution in [1.29, 1.82) is 0 Å². The molecule has 100 valence electrons. The van der Waals surface area contributed by atoms with Crippen LogP contribution in [-0.4, -0.2) is 30.6 Å². The summed E-state index contributed by atoms with van der Waals surface area (Å²) in [6, 6.07) is 0. The summed E-state index contributed by atoms with van der Waals surface area (Å²) in [6.07, 6.45) is 8.49. The number of rotatable bonds is 4. The maximum atomic E-state index is 4.38. The molecule has 0 aromatic carbocycles. The minimum absolute atomic E-state index is 0.809. The van der Waals surface area contributed by atoms with Gasteiger partial charge in [-0.15, -0.1) is 0 Å². The van der Waals surface area contributed by atoms with Crippen molar-refractivity contribution in [3.05, 3.63) is 10.8 Å². The zero-order valence-electron chi connectivity index (χ0n) is 11.1. The van der Waals surface area contributed by atoms with Gasteiger partial charge in [0.05, 0.1) is 0 Å². The van der Waals surface area contributed by atoms with E-state index in [4.69, 9.17) is 0 Å². The van der Waals surface area contributed by atoms with E-state index in [-0.39, 0.29) is 0 Å². The molecule has 0 radical (unpaired) electrons. The predicted octanol–water partition coefficient (Wildman–Crippen LogP) is 3.30. The molecule has 0 atom stereocenters. The molecule has 1 aliphatic carbocycles. The van der Waals surface area contributed by atoms with Gasteiger partial charge in [-0.1, -0.05) is 19.3 Å². The van der Waals surface area contributed by atoms with Crippen LogP contribution in [0, 0.1) is 5.92 Å². The van der Waals surface area contributed by atoms with Gasteiger partial charge in [0.25, 0.3) is 0 Å². The summed E-state index contributed by atoms with van der Waals surface area (Å²) in [5, 5.41) is 3.07. The maximum absolute atomic E-state index is 4.38. The minimum Gasteiger partial charge on any atom is -0.372 e. The van der Waals surface area contributed by atoms with Crippen LogP contribution in [0.4, 0.5) is 11.6 Å². The fourth-order valence-corrected chi connectivity index (χ4v) is 3.35. The first-order valence-corrected chi connectivity index (χ1v) is 7.41. The molecule has 1 N–H and O–H groups in total. The van der Waals surface area contributed by atoms with Gasteiger partial charge in [-0.3, -0.25) is 0 Å². The summed E-state index contributed by atoms with van der Waals surface area (Å²) in [4.78, 5) is 10.8. The van der Waals surface area contributed by atoms with Crippen LogP contribution in [0.5, 0.6) is 0 Å². The Kier molecular flexibility index (Phi) is 4.80. The molecular weight excluding hydrogens is 292 g/mol. The van der Waals surface area contributed by atoms with Crippen LogP contribution >= 0.6 is 15.9 Å². The molecule has 18 heavy (non-hydrogen) atoms. The number of hydrogen-bond donors (Lipinski definition) is 1. The van der Waals surface area contributed by atoms with Gasteiger partial charge in [-0.2, -0.15) is 0 Å². The van der Waals surface area contributed by atoms with E-state index in [0.717, 1.165) is 28.6 Å². The summed E-state index contributed by atoms with van der Waals surface area (Å²) in [5.74, 6) is 2.62. The molecule has 1 aliphatic rings. The second-order valence-corrected chi connectivity index (χ2v) is 5.79. The highest BCUT2D eigenvalue weighted by atomic mass is 79.9. The van der Waals surface area contributed by atoms with E-state index < -0.39 is 0 Å². The first-order chi connectivity index (χ1) is 8.72. The average molecular weight is 313 g/mol. The smallest absolute Gasteiger partial charge is 0.148 e. The fraction of sp³-hybridized carbons (Fsp3) is 0.692. The van der Waals surface area contributed by atoms with E-state index in [1.54, 1.807) is 6.33 Å². The second-order valence-electron chi connectivity index (χ2n) is 4.99. The summed E-state index contributed by atoms with van der Waals surface area (Å²) >= 11 is 3.58. The zero-order valence-corrected chi connectivity index (χ0v) is 12.7. The van der Waals surface area contributed by atoms with E-state index >= 15 is 0 Å². The van der Waals surface area contributed by atoms with E-state index in [9.17, 15) is 0 Å². The Morgan fingerprint density at radius 3 is 2.72 bits per heavy atom. The molecule has 0 spiro atoms. The quantitative estimate of drug-likeness (QED) is 0.926. The van der Waals surface area contributed by atoms with E-state index in [0.29, 0.717) is 0 Å². The van der Waals surface area contributed by atoms with Crippen molar-refractivity contribution < 1.29 is 0 Å². The lowest BCUT2D eigenvalue weighted by molar-refractivity contribution is 0.361. The minimum atomic E-state index is 0.809. The van der Waals surface area contributed by atoms with Crippen LogP contribution in [0.3, 0.4) is 0 Å². The Labute approximate surface area is 117 Å². The Hall–Kier alpha value is -0.840. The van der Waals surface area contributed by atoms with Crippen LogP contribution in [0.25, 0.3) is 0 Å². The Morgan fingerprint density at radius 2 is 2.06 bits per heavy atom. The van der Waals surface area contributed by atoms with Gasteiger partial charge in [0.1, 0.15) is 22.4 Å². The standard InChI is InChI=1S/C13H21BrN4/c1-15-12-11(14)13(17-9-16-12)18(2)8-10-6-4-3-5-7-10/h9-10H,3-8H2,1-2H3,(H,15,16,17). The molecule has 0 aliphatic heterocycles. The molecule has 1 aromatic heterocycles. The van der Waals surface area contributed by atoms with Crippen molar-refractivity contribution in [2.24, 2.45) is 5.92 Å². The summed E-state index contributed by atoms with van der Waals surface area (Å²) in [7, 11) is 3.99. The number of aromatic nitrogens is 2. The highest BCUT2D eigenvalue weighted by molar-refractivity contribution is 9.10. The van der Waals surface area contributed by atoms with Crippen molar-refractivity contribution >= 4 is 27.6 Å². The van der Waals surface area contributed by atoms with Crippen molar-refractivity contribution in [2.45, 2.75) is 32.1 Å². The lowest BCUT2D eigenvalue weighted by Crippen LogP contribution is -2.28. The van der Waals surface area contributed by atoms with Crippen molar-refractivity contribution in [1.82, 2.24) is 9.97 Å². The first-order valence-electron chi connectivity index (χ1n) is 6.61. The number of nitrogens with zero attached hydrogens (tertiary/aromatic N) is 3. The third-order valence-electron chi connectivity index (χ3n) is 3.63. The topological polar surface area (TPSA) is 41.1 Å². The highest BCUT2D eigenvalue weighted by Gasteiger charge is 2.18. The monoisotopic (exact) mass is 312 g/mol. The number of anilines is 2. The zero-order chi connectivity index (χ0) is 13.0. The highest BCUT2D eigenvalue weighted by Crippen LogP contribution is 2.31. The molecule has 1 fully saturated rings. The lowest BCUT2D eigenvalue weighted by Gasteiger charge is -2.28. The normalized spacial score (nSPS) is 16.6. The molecule has 1 saturated carbocycles. The van der Waals surface area contributed by atoms with Gasteiger partial charge in [0, 0.05) is 20.6 Å². The van der Waals surface area contributed by atoms with Crippen molar-refractivity contribution in [3.63, 3.8) is 0 Å². The third-order valence-corrected chi connectivity index (χ3v) is 4.36. The number of halogens is 1. The van der Waals surface area contributed by atoms with Gasteiger partial charge in [-0.05, 0) is 34.7 Å². The SMILES string of the molecule is CNc1ncnc(N(C)CC2CCCCC2)c1Br. The molecule has 0 amide bonds. The van der Waals surface area contributed by atoms with E-state index in [2.05, 4.69) is 43.2 Å². The van der Waals surface area contributed by atoms with Gasteiger partial charge in [-0.25, -0.2) is 9.97 Å². The van der Waals surface area contributed by atoms with Crippen molar-refractivity contribution in [2.75, 3.05) is 30.9 Å². The van der Waals surface area contributed by atoms with E-state index in [1.807, 2.05) is 7.05 Å². The first kappa shape index (κ1) is 13.6. The van der Waals surface area contributed by atoms with Crippen LogP contribution in [-0.2, 0) is 0 Å². The largest absolute Gasteiger partial charge is 0.372 e. The number of hydrogen-bond acceptors (Lipinski definition) is 4. The van der Waals surface area contributed by atoms with E-state index in [1.165, 1.54) is 32.1 Å². The van der Waals surface area contributed by atoms with Crippen LogP contribution in [0.15, 0.2) is 10.8 Å². The molecule has 0 bridgehead atoms. The Morgan fingerprint density at radius 1 is 1.33 bits per heavy atom. The molecule has 1 aromatic rings. The summed E-state index contributed by atoms with van der Waals surface area (Å²) < 4.78 is 0.950. The average Bonchev–Trinajstić information content (AvgIpc) is 2.40. The van der Waals surface area contributed by atoms with Gasteiger partial charge >= 0.3 is 0 Å². The fourth-order valence-electron chi connectivity index (χ4n) is 2.64. The summed E-state index contributed by atoms with van der Waals surface area (Å²) in [6.45, 7) is 1.08. The van der Waals surface area contributed by atoms with Crippen LogP contribution < -0.4 is 10.2 Å².